The molecule has 0 saturated heterocycles. The Morgan fingerprint density at radius 3 is 2.35 bits per heavy atom. The van der Waals surface area contributed by atoms with Crippen molar-refractivity contribution in [1.82, 2.24) is 5.32 Å². The van der Waals surface area contributed by atoms with Crippen molar-refractivity contribution in [3.05, 3.63) is 45.6 Å². The number of hydrogen-bond acceptors (Lipinski definition) is 4. The highest BCUT2D eigenvalue weighted by molar-refractivity contribution is 7.16. The quantitative estimate of drug-likeness (QED) is 0.748. The van der Waals surface area contributed by atoms with Gasteiger partial charge in [-0.25, -0.2) is 0 Å². The molecule has 0 fully saturated rings. The molecule has 0 aliphatic carbocycles. The van der Waals surface area contributed by atoms with Crippen molar-refractivity contribution in [2.24, 2.45) is 0 Å². The monoisotopic (exact) mass is 311 g/mol. The summed E-state index contributed by atoms with van der Waals surface area (Å²) >= 11 is 7.47. The van der Waals surface area contributed by atoms with Crippen LogP contribution < -0.4 is 14.8 Å². The van der Waals surface area contributed by atoms with Crippen LogP contribution in [-0.2, 0) is 6.54 Å². The molecule has 0 atom stereocenters. The summed E-state index contributed by atoms with van der Waals surface area (Å²) in [5.41, 5.74) is 0. The second-order valence-electron chi connectivity index (χ2n) is 4.14. The molecule has 108 valence electrons. The molecule has 2 aromatic rings. The molecule has 0 bridgehead atoms. The third-order valence-electron chi connectivity index (χ3n) is 2.61. The lowest BCUT2D eigenvalue weighted by Gasteiger charge is -2.08. The van der Waals surface area contributed by atoms with E-state index in [-0.39, 0.29) is 0 Å². The van der Waals surface area contributed by atoms with Crippen LogP contribution in [0.4, 0.5) is 0 Å². The molecule has 2 rings (SSSR count). The van der Waals surface area contributed by atoms with Gasteiger partial charge in [0.2, 0.25) is 0 Å². The van der Waals surface area contributed by atoms with Gasteiger partial charge in [-0.2, -0.15) is 0 Å². The largest absolute Gasteiger partial charge is 0.494 e. The Morgan fingerprint density at radius 2 is 1.75 bits per heavy atom. The first-order valence-electron chi connectivity index (χ1n) is 6.58. The van der Waals surface area contributed by atoms with Gasteiger partial charge in [0.1, 0.15) is 18.1 Å². The lowest BCUT2D eigenvalue weighted by Crippen LogP contribution is -2.20. The Labute approximate surface area is 128 Å². The highest BCUT2D eigenvalue weighted by Crippen LogP contribution is 2.21. The Balaban J connectivity index is 1.63. The van der Waals surface area contributed by atoms with Crippen LogP contribution in [0.15, 0.2) is 36.4 Å². The normalized spacial score (nSPS) is 10.5. The first-order chi connectivity index (χ1) is 9.78. The molecule has 0 spiro atoms. The summed E-state index contributed by atoms with van der Waals surface area (Å²) < 4.78 is 11.8. The maximum Gasteiger partial charge on any atom is 0.119 e. The van der Waals surface area contributed by atoms with Crippen molar-refractivity contribution in [2.75, 3.05) is 19.8 Å². The van der Waals surface area contributed by atoms with Gasteiger partial charge in [0.05, 0.1) is 10.9 Å². The fourth-order valence-electron chi connectivity index (χ4n) is 1.70. The second-order valence-corrected chi connectivity index (χ2v) is 5.94. The molecule has 0 aliphatic rings. The van der Waals surface area contributed by atoms with Crippen LogP contribution in [0.1, 0.15) is 11.8 Å². The SMILES string of the molecule is CCOc1ccc(OCCNCc2ccc(Cl)s2)cc1. The van der Waals surface area contributed by atoms with Crippen LogP contribution in [0, 0.1) is 0 Å². The van der Waals surface area contributed by atoms with E-state index in [1.807, 2.05) is 43.3 Å². The molecular formula is C15H18ClNO2S. The molecule has 1 aromatic carbocycles. The second kappa shape index (κ2) is 8.15. The average Bonchev–Trinajstić information content (AvgIpc) is 2.86. The minimum Gasteiger partial charge on any atom is -0.494 e. The Hall–Kier alpha value is -1.23. The van der Waals surface area contributed by atoms with Crippen molar-refractivity contribution < 1.29 is 9.47 Å². The van der Waals surface area contributed by atoms with Crippen molar-refractivity contribution >= 4 is 22.9 Å². The maximum absolute atomic E-state index is 5.87. The molecule has 3 nitrogen and oxygen atoms in total. The number of ether oxygens (including phenoxy) is 2. The first-order valence-corrected chi connectivity index (χ1v) is 7.78. The zero-order valence-electron chi connectivity index (χ0n) is 11.4. The molecule has 0 radical (unpaired) electrons. The van der Waals surface area contributed by atoms with Crippen LogP contribution in [-0.4, -0.2) is 19.8 Å². The zero-order valence-corrected chi connectivity index (χ0v) is 13.0. The summed E-state index contributed by atoms with van der Waals surface area (Å²) in [5, 5.41) is 3.32. The molecular weight excluding hydrogens is 294 g/mol. The number of hydrogen-bond donors (Lipinski definition) is 1. The van der Waals surface area contributed by atoms with Gasteiger partial charge < -0.3 is 14.8 Å². The molecule has 1 N–H and O–H groups in total. The van der Waals surface area contributed by atoms with Crippen molar-refractivity contribution in [2.45, 2.75) is 13.5 Å². The Morgan fingerprint density at radius 1 is 1.05 bits per heavy atom. The first kappa shape index (κ1) is 15.2. The van der Waals surface area contributed by atoms with Gasteiger partial charge in [-0.3, -0.25) is 0 Å². The van der Waals surface area contributed by atoms with Gasteiger partial charge >= 0.3 is 0 Å². The fraction of sp³-hybridized carbons (Fsp3) is 0.333. The van der Waals surface area contributed by atoms with E-state index >= 15 is 0 Å². The Bertz CT molecular complexity index is 513. The van der Waals surface area contributed by atoms with Crippen LogP contribution in [0.3, 0.4) is 0 Å². The fourth-order valence-corrected chi connectivity index (χ4v) is 2.76. The van der Waals surface area contributed by atoms with Gasteiger partial charge in [0.15, 0.2) is 0 Å². The van der Waals surface area contributed by atoms with E-state index in [0.717, 1.165) is 28.9 Å². The lowest BCUT2D eigenvalue weighted by molar-refractivity contribution is 0.311. The predicted molar refractivity (Wildman–Crippen MR) is 84.1 cm³/mol. The van der Waals surface area contributed by atoms with Crippen molar-refractivity contribution in [3.63, 3.8) is 0 Å². The molecule has 1 aromatic heterocycles. The van der Waals surface area contributed by atoms with Crippen LogP contribution in [0.5, 0.6) is 11.5 Å². The van der Waals surface area contributed by atoms with E-state index in [9.17, 15) is 0 Å². The lowest BCUT2D eigenvalue weighted by atomic mass is 10.3. The molecule has 0 unspecified atom stereocenters. The molecule has 1 heterocycles. The summed E-state index contributed by atoms with van der Waals surface area (Å²) in [4.78, 5) is 1.23. The van der Waals surface area contributed by atoms with Gasteiger partial charge in [-0.05, 0) is 43.3 Å². The summed E-state index contributed by atoms with van der Waals surface area (Å²) in [6, 6.07) is 11.6. The molecule has 20 heavy (non-hydrogen) atoms. The summed E-state index contributed by atoms with van der Waals surface area (Å²) in [6.45, 7) is 4.90. The maximum atomic E-state index is 5.87. The Kier molecular flexibility index (Phi) is 6.18. The van der Waals surface area contributed by atoms with E-state index in [2.05, 4.69) is 5.32 Å². The standard InChI is InChI=1S/C15H18ClNO2S/c1-2-18-12-3-5-13(6-4-12)19-10-9-17-11-14-7-8-15(16)20-14/h3-8,17H,2,9-11H2,1H3. The summed E-state index contributed by atoms with van der Waals surface area (Å²) in [7, 11) is 0. The van der Waals surface area contributed by atoms with E-state index in [1.54, 1.807) is 11.3 Å². The van der Waals surface area contributed by atoms with Crippen LogP contribution in [0.2, 0.25) is 4.34 Å². The summed E-state index contributed by atoms with van der Waals surface area (Å²) in [6.07, 6.45) is 0. The van der Waals surface area contributed by atoms with Gasteiger partial charge in [0.25, 0.3) is 0 Å². The zero-order chi connectivity index (χ0) is 14.2. The molecule has 0 saturated carbocycles. The number of benzene rings is 1. The van der Waals surface area contributed by atoms with Crippen molar-refractivity contribution in [1.29, 1.82) is 0 Å². The highest BCUT2D eigenvalue weighted by Gasteiger charge is 1.98. The molecule has 0 amide bonds. The topological polar surface area (TPSA) is 30.5 Å². The van der Waals surface area contributed by atoms with Gasteiger partial charge in [-0.15, -0.1) is 11.3 Å². The molecule has 0 aliphatic heterocycles. The van der Waals surface area contributed by atoms with E-state index < -0.39 is 0 Å². The minimum absolute atomic E-state index is 0.632. The third-order valence-corrected chi connectivity index (χ3v) is 3.84. The third kappa shape index (κ3) is 5.04. The summed E-state index contributed by atoms with van der Waals surface area (Å²) in [5.74, 6) is 1.72. The highest BCUT2D eigenvalue weighted by atomic mass is 35.5. The number of nitrogens with one attached hydrogen (secondary N) is 1. The van der Waals surface area contributed by atoms with E-state index in [1.165, 1.54) is 4.88 Å². The van der Waals surface area contributed by atoms with E-state index in [0.29, 0.717) is 13.2 Å². The van der Waals surface area contributed by atoms with Gasteiger partial charge in [0, 0.05) is 18.0 Å². The predicted octanol–water partition coefficient (Wildman–Crippen LogP) is 3.97. The smallest absolute Gasteiger partial charge is 0.119 e. The number of thiophene rings is 1. The number of rotatable bonds is 8. The minimum atomic E-state index is 0.632. The van der Waals surface area contributed by atoms with E-state index in [4.69, 9.17) is 21.1 Å². The van der Waals surface area contributed by atoms with Crippen LogP contribution in [0.25, 0.3) is 0 Å². The number of halogens is 1. The van der Waals surface area contributed by atoms with Crippen LogP contribution >= 0.6 is 22.9 Å². The van der Waals surface area contributed by atoms with Gasteiger partial charge in [-0.1, -0.05) is 11.6 Å². The molecule has 5 heteroatoms. The average molecular weight is 312 g/mol. The van der Waals surface area contributed by atoms with Crippen molar-refractivity contribution in [3.8, 4) is 11.5 Å².